The quantitative estimate of drug-likeness (QED) is 0.00305. The van der Waals surface area contributed by atoms with Gasteiger partial charge in [0.2, 0.25) is 29.4 Å². The normalized spacial score (nSPS) is 14.4. The number of aliphatic carboxylic acids is 3. The number of ketones is 3. The fraction of sp³-hybridized carbons (Fsp3) is 0.367. The number of carboxylic acids is 4. The number of thioether (sulfide) groups is 1. The number of urea groups is 1. The molecule has 520 valence electrons. The molecule has 6 rings (SSSR count). The number of ether oxygens (including phenoxy) is 3. The SMILES string of the molecule is N=c1ccc2c(-c3ccc(C(=O)CCCN4C(=O)CC(SCC(CC(=O)C(Cc5ccccc5)NC(=O)CCOCCOCCNC(=O)CC[C@@H](NC(=O)N[C@H](CCC(=O)O)OC=O)C(=O)O)C(=O)C(=O)O)C4=O)cc3C(=O)O)c3ccc(N)c(S(=O)(=O)O)c3oc-2c1S(=O)(=O)O. The molecule has 0 bridgehead atoms. The monoisotopic (exact) mass is 1410 g/mol. The Morgan fingerprint density at radius 3 is 2.08 bits per heavy atom. The van der Waals surface area contributed by atoms with Crippen molar-refractivity contribution in [1.82, 2.24) is 26.2 Å². The van der Waals surface area contributed by atoms with E-state index in [0.717, 1.165) is 47.0 Å². The number of likely N-dealkylation sites (tertiary alicyclic amines) is 1. The summed E-state index contributed by atoms with van der Waals surface area (Å²) in [6.45, 7) is -0.601. The fourth-order valence-corrected chi connectivity index (χ4v) is 12.8. The second-order valence-electron chi connectivity index (χ2n) is 21.5. The minimum atomic E-state index is -5.32. The molecular weight excluding hydrogens is 1350 g/mol. The van der Waals surface area contributed by atoms with Gasteiger partial charge in [0.1, 0.15) is 6.04 Å². The number of rotatable bonds is 40. The van der Waals surface area contributed by atoms with E-state index in [0.29, 0.717) is 5.56 Å². The number of carbonyl (C=O) groups excluding carboxylic acids is 9. The largest absolute Gasteiger partial charge is 0.481 e. The van der Waals surface area contributed by atoms with Crippen molar-refractivity contribution in [3.63, 3.8) is 0 Å². The number of aromatic carboxylic acids is 1. The standard InChI is InChI=1S/C60H65N7O27S3/c61-38-12-10-35-50(36-11-13-39(62)55(97(88,89)90)53(36)94-52(35)54(38)96(85,86)87)34-9-8-32(26-37(34)57(78)79)42(69)7-4-20-67-48(73)28-44(56(67)77)95-29-33(51(76)59(82)83)27-43(70)41(25-31-5-2-1-3-6-31)64-46(72)18-21-91-23-24-92-22-19-63-45(71)15-14-40(58(80)81)65-60(84)66-47(93-30-68)16-17-49(74)75/h1-3,5-6,8-13,26,30,33,40-41,44,47,61H,4,7,14-25,27-29,62H2,(H,63,71)(H,64,72)(H,74,75)(H,78,79)(H,80,81)(H,82,83)(H2,65,66,84)(H,85,86,87)(H,88,89,90)/t33?,40-,41?,44?,47+/m1/s1. The molecule has 0 spiro atoms. The molecule has 6 amide bonds. The first-order valence-corrected chi connectivity index (χ1v) is 33.1. The number of hydrogen-bond acceptors (Lipinski definition) is 24. The third-order valence-electron chi connectivity index (χ3n) is 14.7. The van der Waals surface area contributed by atoms with Crippen LogP contribution >= 0.6 is 11.8 Å². The number of hydrogen-bond donors (Lipinski definition) is 12. The van der Waals surface area contributed by atoms with Crippen LogP contribution in [0.5, 0.6) is 0 Å². The molecule has 13 N–H and O–H groups in total. The van der Waals surface area contributed by atoms with Crippen molar-refractivity contribution in [3.05, 3.63) is 94.8 Å². The number of nitrogen functional groups attached to an aromatic ring is 1. The van der Waals surface area contributed by atoms with Crippen molar-refractivity contribution in [2.75, 3.05) is 51.0 Å². The van der Waals surface area contributed by atoms with Crippen molar-refractivity contribution in [3.8, 4) is 22.5 Å². The highest BCUT2D eigenvalue weighted by molar-refractivity contribution is 8.00. The summed E-state index contributed by atoms with van der Waals surface area (Å²) in [6.07, 6.45) is -4.89. The van der Waals surface area contributed by atoms with Crippen molar-refractivity contribution in [1.29, 1.82) is 5.41 Å². The molecular formula is C60H65N7O27S3. The molecule has 5 atom stereocenters. The zero-order valence-electron chi connectivity index (χ0n) is 50.9. The lowest BCUT2D eigenvalue weighted by Crippen LogP contribution is -2.50. The first-order valence-electron chi connectivity index (χ1n) is 29.1. The summed E-state index contributed by atoms with van der Waals surface area (Å²) in [7, 11) is -10.6. The molecule has 34 nitrogen and oxygen atoms in total. The van der Waals surface area contributed by atoms with E-state index in [-0.39, 0.29) is 119 Å². The van der Waals surface area contributed by atoms with Crippen LogP contribution in [-0.2, 0) is 88.8 Å². The summed E-state index contributed by atoms with van der Waals surface area (Å²) in [5.41, 5.74) is 3.47. The first kappa shape index (κ1) is 76.0. The van der Waals surface area contributed by atoms with Gasteiger partial charge in [-0.2, -0.15) is 16.8 Å². The number of nitrogens with zero attached hydrogens (tertiary/aromatic N) is 1. The number of nitrogens with two attached hydrogens (primary N) is 1. The van der Waals surface area contributed by atoms with Crippen LogP contribution in [0.2, 0.25) is 0 Å². The third-order valence-corrected chi connectivity index (χ3v) is 17.9. The number of fused-ring (bicyclic) bond motifs is 2. The number of carboxylic acid groups (broad SMARTS) is 4. The Morgan fingerprint density at radius 2 is 1.44 bits per heavy atom. The van der Waals surface area contributed by atoms with E-state index >= 15 is 0 Å². The summed E-state index contributed by atoms with van der Waals surface area (Å²) >= 11 is 0.742. The molecule has 97 heavy (non-hydrogen) atoms. The molecule has 0 saturated carbocycles. The fourth-order valence-electron chi connectivity index (χ4n) is 10.1. The van der Waals surface area contributed by atoms with E-state index in [1.807, 2.05) is 0 Å². The Balaban J connectivity index is 0.998. The number of benzene rings is 4. The number of anilines is 1. The maximum Gasteiger partial charge on any atom is 0.372 e. The van der Waals surface area contributed by atoms with E-state index in [9.17, 15) is 104 Å². The van der Waals surface area contributed by atoms with Gasteiger partial charge < -0.3 is 66.1 Å². The van der Waals surface area contributed by atoms with Crippen LogP contribution in [0.25, 0.3) is 33.4 Å². The van der Waals surface area contributed by atoms with Gasteiger partial charge in [-0.15, -0.1) is 11.8 Å². The second kappa shape index (κ2) is 34.6. The summed E-state index contributed by atoms with van der Waals surface area (Å²) in [6, 6.07) is 11.9. The minimum Gasteiger partial charge on any atom is -0.481 e. The Morgan fingerprint density at radius 1 is 0.763 bits per heavy atom. The van der Waals surface area contributed by atoms with Crippen LogP contribution in [0.1, 0.15) is 84.1 Å². The maximum atomic E-state index is 14.0. The molecule has 3 aromatic carbocycles. The van der Waals surface area contributed by atoms with Crippen LogP contribution in [0.4, 0.5) is 10.5 Å². The molecule has 3 aromatic rings. The molecule has 0 aromatic heterocycles. The molecule has 1 fully saturated rings. The van der Waals surface area contributed by atoms with Gasteiger partial charge in [0, 0.05) is 85.4 Å². The highest BCUT2D eigenvalue weighted by Crippen LogP contribution is 2.46. The number of nitrogens with one attached hydrogen (secondary N) is 5. The predicted molar refractivity (Wildman–Crippen MR) is 334 cm³/mol. The predicted octanol–water partition coefficient (Wildman–Crippen LogP) is 1.67. The molecule has 2 aliphatic heterocycles. The van der Waals surface area contributed by atoms with E-state index in [1.165, 1.54) is 12.1 Å². The lowest BCUT2D eigenvalue weighted by Gasteiger charge is -2.21. The average molecular weight is 1410 g/mol. The number of Topliss-reactive ketones (excluding diaryl/α,β-unsaturated/α-hetero) is 3. The zero-order chi connectivity index (χ0) is 71.5. The molecule has 37 heteroatoms. The summed E-state index contributed by atoms with van der Waals surface area (Å²) in [5.74, 6) is -14.6. The molecule has 1 aliphatic carbocycles. The van der Waals surface area contributed by atoms with Crippen LogP contribution in [0.15, 0.2) is 87.0 Å². The molecule has 3 unspecified atom stereocenters. The van der Waals surface area contributed by atoms with Crippen LogP contribution in [0.3, 0.4) is 0 Å². The highest BCUT2D eigenvalue weighted by Gasteiger charge is 2.41. The maximum absolute atomic E-state index is 14.0. The Hall–Kier alpha value is -10.1. The average Bonchev–Trinajstić information content (AvgIpc) is 1.16. The lowest BCUT2D eigenvalue weighted by molar-refractivity contribution is -0.151. The van der Waals surface area contributed by atoms with E-state index in [4.69, 9.17) is 30.1 Å². The highest BCUT2D eigenvalue weighted by atomic mass is 32.2. The van der Waals surface area contributed by atoms with Gasteiger partial charge in [-0.3, -0.25) is 62.6 Å². The second-order valence-corrected chi connectivity index (χ2v) is 25.4. The van der Waals surface area contributed by atoms with Crippen molar-refractivity contribution >= 4 is 126 Å². The Bertz CT molecular complexity index is 4150. The Labute approximate surface area is 554 Å². The summed E-state index contributed by atoms with van der Waals surface area (Å²) < 4.78 is 91.8. The van der Waals surface area contributed by atoms with Gasteiger partial charge in [-0.25, -0.2) is 19.2 Å². The lowest BCUT2D eigenvalue weighted by atomic mass is 9.89. The number of carbonyl (C=O) groups is 13. The zero-order valence-corrected chi connectivity index (χ0v) is 53.4. The van der Waals surface area contributed by atoms with Gasteiger partial charge in [0.15, 0.2) is 38.9 Å². The van der Waals surface area contributed by atoms with Crippen molar-refractivity contribution < 1.29 is 127 Å². The molecule has 0 radical (unpaired) electrons. The number of amides is 6. The van der Waals surface area contributed by atoms with Crippen molar-refractivity contribution in [2.45, 2.75) is 97.6 Å². The summed E-state index contributed by atoms with van der Waals surface area (Å²) in [4.78, 5) is 162. The molecule has 2 heterocycles. The smallest absolute Gasteiger partial charge is 0.372 e. The van der Waals surface area contributed by atoms with E-state index in [1.54, 1.807) is 30.3 Å². The molecule has 1 saturated heterocycles. The van der Waals surface area contributed by atoms with Gasteiger partial charge in [0.05, 0.1) is 60.7 Å². The van der Waals surface area contributed by atoms with Gasteiger partial charge in [0.25, 0.3) is 26.7 Å². The minimum absolute atomic E-state index is 0.00706. The van der Waals surface area contributed by atoms with E-state index < -0.39 is 183 Å². The van der Waals surface area contributed by atoms with Crippen LogP contribution in [-0.4, -0.2) is 197 Å². The molecule has 3 aliphatic rings. The van der Waals surface area contributed by atoms with Crippen molar-refractivity contribution in [2.24, 2.45) is 5.92 Å². The van der Waals surface area contributed by atoms with Gasteiger partial charge in [-0.05, 0) is 60.7 Å². The van der Waals surface area contributed by atoms with Crippen LogP contribution < -0.4 is 32.4 Å². The topological polar surface area (TPSA) is 554 Å². The van der Waals surface area contributed by atoms with Gasteiger partial charge in [-0.1, -0.05) is 42.5 Å². The van der Waals surface area contributed by atoms with Gasteiger partial charge >= 0.3 is 29.9 Å². The Kier molecular flexibility index (Phi) is 27.1. The number of imide groups is 1. The van der Waals surface area contributed by atoms with Crippen LogP contribution in [0, 0.1) is 11.3 Å². The third kappa shape index (κ3) is 21.2. The van der Waals surface area contributed by atoms with E-state index in [2.05, 4.69) is 26.0 Å². The first-order chi connectivity index (χ1) is 45.8. The summed E-state index contributed by atoms with van der Waals surface area (Å²) in [5, 5.41) is 53.9.